The Labute approximate surface area is 134 Å². The molecule has 0 radical (unpaired) electrons. The number of ether oxygens (including phenoxy) is 1. The molecule has 0 aliphatic heterocycles. The highest BCUT2D eigenvalue weighted by molar-refractivity contribution is 7.18. The third-order valence-electron chi connectivity index (χ3n) is 3.52. The Morgan fingerprint density at radius 3 is 2.64 bits per heavy atom. The molecule has 0 spiro atoms. The quantitative estimate of drug-likeness (QED) is 0.767. The second-order valence-corrected chi connectivity index (χ2v) is 6.22. The third-order valence-corrected chi connectivity index (χ3v) is 4.70. The summed E-state index contributed by atoms with van der Waals surface area (Å²) in [5.41, 5.74) is 1.19. The van der Waals surface area contributed by atoms with Crippen molar-refractivity contribution >= 4 is 27.4 Å². The molecule has 5 heteroatoms. The molecule has 22 heavy (non-hydrogen) atoms. The van der Waals surface area contributed by atoms with E-state index in [0.29, 0.717) is 0 Å². The Kier molecular flexibility index (Phi) is 4.24. The van der Waals surface area contributed by atoms with E-state index in [1.807, 2.05) is 19.1 Å². The van der Waals surface area contributed by atoms with Crippen LogP contribution in [0.3, 0.4) is 0 Å². The van der Waals surface area contributed by atoms with Crippen molar-refractivity contribution in [3.05, 3.63) is 46.6 Å². The van der Waals surface area contributed by atoms with Gasteiger partial charge in [-0.15, -0.1) is 11.3 Å². The van der Waals surface area contributed by atoms with Crippen molar-refractivity contribution in [1.82, 2.24) is 9.97 Å². The fourth-order valence-corrected chi connectivity index (χ4v) is 3.33. The lowest BCUT2D eigenvalue weighted by Crippen LogP contribution is -2.03. The summed E-state index contributed by atoms with van der Waals surface area (Å²) in [5, 5.41) is 4.55. The molecule has 2 aromatic heterocycles. The minimum atomic E-state index is 0.729. The molecule has 3 rings (SSSR count). The van der Waals surface area contributed by atoms with Gasteiger partial charge in [-0.1, -0.05) is 19.1 Å². The van der Waals surface area contributed by atoms with E-state index in [1.54, 1.807) is 18.4 Å². The second kappa shape index (κ2) is 6.32. The van der Waals surface area contributed by atoms with Crippen LogP contribution < -0.4 is 10.1 Å². The Morgan fingerprint density at radius 2 is 1.95 bits per heavy atom. The lowest BCUT2D eigenvalue weighted by Gasteiger charge is -2.08. The molecule has 0 bridgehead atoms. The molecule has 0 fully saturated rings. The van der Waals surface area contributed by atoms with Gasteiger partial charge in [-0.25, -0.2) is 9.97 Å². The molecule has 0 saturated carbocycles. The topological polar surface area (TPSA) is 47.0 Å². The molecule has 0 aliphatic rings. The maximum Gasteiger partial charge on any atom is 0.138 e. The average Bonchev–Trinajstić information content (AvgIpc) is 2.96. The van der Waals surface area contributed by atoms with Crippen LogP contribution in [0.2, 0.25) is 0 Å². The Bertz CT molecular complexity index is 780. The van der Waals surface area contributed by atoms with Crippen molar-refractivity contribution in [2.75, 3.05) is 12.4 Å². The first-order valence-electron chi connectivity index (χ1n) is 7.33. The number of thiophene rings is 1. The maximum atomic E-state index is 5.18. The summed E-state index contributed by atoms with van der Waals surface area (Å²) in [6.07, 6.45) is 1.03. The van der Waals surface area contributed by atoms with Crippen molar-refractivity contribution in [3.63, 3.8) is 0 Å². The van der Waals surface area contributed by atoms with Crippen molar-refractivity contribution in [2.24, 2.45) is 0 Å². The first kappa shape index (κ1) is 14.8. The number of fused-ring (bicyclic) bond motifs is 1. The molecule has 0 saturated heterocycles. The average molecular weight is 313 g/mol. The molecule has 0 unspecified atom stereocenters. The monoisotopic (exact) mass is 313 g/mol. The lowest BCUT2D eigenvalue weighted by molar-refractivity contribution is 0.414. The molecule has 1 aromatic carbocycles. The van der Waals surface area contributed by atoms with Crippen LogP contribution in [-0.4, -0.2) is 17.1 Å². The smallest absolute Gasteiger partial charge is 0.138 e. The molecule has 0 atom stereocenters. The Morgan fingerprint density at radius 1 is 1.18 bits per heavy atom. The van der Waals surface area contributed by atoms with Gasteiger partial charge in [-0.3, -0.25) is 0 Å². The Balaban J connectivity index is 1.84. The third kappa shape index (κ3) is 3.04. The number of anilines is 1. The summed E-state index contributed by atoms with van der Waals surface area (Å²) in [6, 6.07) is 10.2. The van der Waals surface area contributed by atoms with Gasteiger partial charge in [0.2, 0.25) is 0 Å². The van der Waals surface area contributed by atoms with E-state index >= 15 is 0 Å². The van der Waals surface area contributed by atoms with E-state index in [2.05, 4.69) is 40.4 Å². The van der Waals surface area contributed by atoms with Gasteiger partial charge in [0.25, 0.3) is 0 Å². The molecular formula is C17H19N3OS. The lowest BCUT2D eigenvalue weighted by atomic mass is 10.2. The largest absolute Gasteiger partial charge is 0.497 e. The van der Waals surface area contributed by atoms with Crippen LogP contribution in [0.25, 0.3) is 10.2 Å². The zero-order valence-corrected chi connectivity index (χ0v) is 13.8. The number of nitrogens with one attached hydrogen (secondary N) is 1. The normalized spacial score (nSPS) is 10.9. The van der Waals surface area contributed by atoms with Crippen molar-refractivity contribution in [3.8, 4) is 5.75 Å². The summed E-state index contributed by atoms with van der Waals surface area (Å²) in [7, 11) is 1.68. The number of hydrogen-bond donors (Lipinski definition) is 1. The zero-order chi connectivity index (χ0) is 15.5. The van der Waals surface area contributed by atoms with Crippen LogP contribution in [0.4, 0.5) is 5.82 Å². The van der Waals surface area contributed by atoms with Gasteiger partial charge in [0.05, 0.1) is 12.5 Å². The first-order chi connectivity index (χ1) is 10.7. The van der Waals surface area contributed by atoms with Crippen LogP contribution >= 0.6 is 11.3 Å². The summed E-state index contributed by atoms with van der Waals surface area (Å²) >= 11 is 1.74. The second-order valence-electron chi connectivity index (χ2n) is 5.11. The summed E-state index contributed by atoms with van der Waals surface area (Å²) in [6.45, 7) is 4.83. The fraction of sp³-hybridized carbons (Fsp3) is 0.294. The number of benzene rings is 1. The van der Waals surface area contributed by atoms with E-state index in [1.165, 1.54) is 10.4 Å². The van der Waals surface area contributed by atoms with Crippen molar-refractivity contribution in [1.29, 1.82) is 0 Å². The van der Waals surface area contributed by atoms with Crippen molar-refractivity contribution in [2.45, 2.75) is 26.8 Å². The summed E-state index contributed by atoms with van der Waals surface area (Å²) in [5.74, 6) is 2.58. The van der Waals surface area contributed by atoms with Gasteiger partial charge in [-0.05, 0) is 37.1 Å². The highest BCUT2D eigenvalue weighted by Gasteiger charge is 2.09. The number of hydrogen-bond acceptors (Lipinski definition) is 5. The fourth-order valence-electron chi connectivity index (χ4n) is 2.32. The molecular weight excluding hydrogens is 294 g/mol. The van der Waals surface area contributed by atoms with Gasteiger partial charge >= 0.3 is 0 Å². The van der Waals surface area contributed by atoms with Crippen molar-refractivity contribution < 1.29 is 4.74 Å². The maximum absolute atomic E-state index is 5.18. The molecule has 3 aromatic rings. The molecule has 2 heterocycles. The number of methoxy groups -OCH3 is 1. The van der Waals surface area contributed by atoms with E-state index in [-0.39, 0.29) is 0 Å². The van der Waals surface area contributed by atoms with Crippen LogP contribution in [0.1, 0.15) is 23.2 Å². The van der Waals surface area contributed by atoms with Crippen LogP contribution in [-0.2, 0) is 13.0 Å². The summed E-state index contributed by atoms with van der Waals surface area (Å²) < 4.78 is 5.18. The zero-order valence-electron chi connectivity index (χ0n) is 13.0. The number of rotatable bonds is 5. The van der Waals surface area contributed by atoms with Gasteiger partial charge < -0.3 is 10.1 Å². The highest BCUT2D eigenvalue weighted by Crippen LogP contribution is 2.29. The Hall–Kier alpha value is -2.14. The predicted molar refractivity (Wildman–Crippen MR) is 91.9 cm³/mol. The standard InChI is InChI=1S/C17H19N3OS/c1-4-14-9-15-16(19-11(2)20-17(15)22-14)18-10-12-5-7-13(21-3)8-6-12/h5-9H,4,10H2,1-3H3,(H,18,19,20). The minimum absolute atomic E-state index is 0.729. The molecule has 0 amide bonds. The van der Waals surface area contributed by atoms with Gasteiger partial charge in [0.1, 0.15) is 22.2 Å². The van der Waals surface area contributed by atoms with Gasteiger partial charge in [0.15, 0.2) is 0 Å². The molecule has 0 aliphatic carbocycles. The minimum Gasteiger partial charge on any atom is -0.497 e. The van der Waals surface area contributed by atoms with Gasteiger partial charge in [-0.2, -0.15) is 0 Å². The van der Waals surface area contributed by atoms with Crippen LogP contribution in [0.15, 0.2) is 30.3 Å². The number of aromatic nitrogens is 2. The van der Waals surface area contributed by atoms with E-state index in [0.717, 1.165) is 40.6 Å². The van der Waals surface area contributed by atoms with Gasteiger partial charge in [0, 0.05) is 11.4 Å². The van der Waals surface area contributed by atoms with E-state index in [4.69, 9.17) is 4.74 Å². The highest BCUT2D eigenvalue weighted by atomic mass is 32.1. The van der Waals surface area contributed by atoms with E-state index in [9.17, 15) is 0 Å². The van der Waals surface area contributed by atoms with Crippen LogP contribution in [0, 0.1) is 6.92 Å². The van der Waals surface area contributed by atoms with Crippen LogP contribution in [0.5, 0.6) is 5.75 Å². The molecule has 1 N–H and O–H groups in total. The van der Waals surface area contributed by atoms with E-state index < -0.39 is 0 Å². The summed E-state index contributed by atoms with van der Waals surface area (Å²) in [4.78, 5) is 11.5. The molecule has 4 nitrogen and oxygen atoms in total. The predicted octanol–water partition coefficient (Wildman–Crippen LogP) is 4.18. The molecule has 114 valence electrons. The number of nitrogens with zero attached hydrogens (tertiary/aromatic N) is 2. The number of aryl methyl sites for hydroxylation is 2. The SMILES string of the molecule is CCc1cc2c(NCc3ccc(OC)cc3)nc(C)nc2s1. The first-order valence-corrected chi connectivity index (χ1v) is 8.15.